The van der Waals surface area contributed by atoms with Crippen LogP contribution < -0.4 is 9.64 Å². The second-order valence-electron chi connectivity index (χ2n) is 7.31. The van der Waals surface area contributed by atoms with E-state index >= 15 is 0 Å². The Kier molecular flexibility index (Phi) is 5.20. The third kappa shape index (κ3) is 3.76. The Labute approximate surface area is 184 Å². The number of hydrogen-bond acceptors (Lipinski definition) is 7. The van der Waals surface area contributed by atoms with E-state index in [0.29, 0.717) is 11.6 Å². The summed E-state index contributed by atoms with van der Waals surface area (Å²) in [5.41, 5.74) is 3.81. The zero-order chi connectivity index (χ0) is 21.9. The molecule has 9 heteroatoms. The van der Waals surface area contributed by atoms with E-state index in [1.165, 1.54) is 0 Å². The summed E-state index contributed by atoms with van der Waals surface area (Å²) in [6.45, 7) is 2.10. The van der Waals surface area contributed by atoms with Crippen LogP contribution in [0.3, 0.4) is 0 Å². The standard InChI is InChI=1S/C23H22N8O/c1-3-17-15-21(31-20(25-17)13-14-24-31)30(2)18-9-11-19(12-10-18)32-22(23-26-28-29-27-23)16-7-5-4-6-8-16/h4-15,22H,3H2,1-2H3,(H,26,27,28,29). The number of tetrazole rings is 1. The minimum Gasteiger partial charge on any atom is -0.478 e. The topological polar surface area (TPSA) is 97.1 Å². The van der Waals surface area contributed by atoms with E-state index in [-0.39, 0.29) is 0 Å². The number of ether oxygens (including phenoxy) is 1. The molecule has 0 radical (unpaired) electrons. The lowest BCUT2D eigenvalue weighted by Crippen LogP contribution is -2.15. The Morgan fingerprint density at radius 2 is 1.88 bits per heavy atom. The van der Waals surface area contributed by atoms with Gasteiger partial charge in [0, 0.05) is 36.1 Å². The third-order valence-corrected chi connectivity index (χ3v) is 5.29. The molecule has 1 N–H and O–H groups in total. The highest BCUT2D eigenvalue weighted by Gasteiger charge is 2.20. The van der Waals surface area contributed by atoms with Crippen molar-refractivity contribution in [1.82, 2.24) is 35.2 Å². The largest absolute Gasteiger partial charge is 0.478 e. The Morgan fingerprint density at radius 3 is 2.59 bits per heavy atom. The van der Waals surface area contributed by atoms with Gasteiger partial charge in [-0.25, -0.2) is 10.1 Å². The van der Waals surface area contributed by atoms with Gasteiger partial charge in [-0.2, -0.15) is 9.61 Å². The van der Waals surface area contributed by atoms with Crippen LogP contribution in [-0.2, 0) is 6.42 Å². The van der Waals surface area contributed by atoms with Gasteiger partial charge in [0.25, 0.3) is 0 Å². The molecule has 5 aromatic rings. The first-order chi connectivity index (χ1) is 15.7. The van der Waals surface area contributed by atoms with Crippen molar-refractivity contribution in [1.29, 1.82) is 0 Å². The fraction of sp³-hybridized carbons (Fsp3) is 0.174. The first-order valence-corrected chi connectivity index (χ1v) is 10.4. The maximum atomic E-state index is 6.26. The molecule has 0 aliphatic rings. The number of aryl methyl sites for hydroxylation is 1. The van der Waals surface area contributed by atoms with E-state index < -0.39 is 6.10 Å². The number of anilines is 2. The number of benzene rings is 2. The molecule has 3 aromatic heterocycles. The number of H-pyrrole nitrogens is 1. The summed E-state index contributed by atoms with van der Waals surface area (Å²) in [5, 5.41) is 18.7. The van der Waals surface area contributed by atoms with E-state index in [4.69, 9.17) is 4.74 Å². The van der Waals surface area contributed by atoms with Gasteiger partial charge in [0.05, 0.1) is 6.20 Å². The number of rotatable bonds is 7. The molecular weight excluding hydrogens is 404 g/mol. The average molecular weight is 426 g/mol. The molecular formula is C23H22N8O. The normalized spacial score (nSPS) is 12.1. The molecule has 160 valence electrons. The fourth-order valence-electron chi connectivity index (χ4n) is 3.57. The van der Waals surface area contributed by atoms with Gasteiger partial charge in [0.1, 0.15) is 11.6 Å². The summed E-state index contributed by atoms with van der Waals surface area (Å²) < 4.78 is 8.10. The van der Waals surface area contributed by atoms with Crippen molar-refractivity contribution < 1.29 is 4.74 Å². The summed E-state index contributed by atoms with van der Waals surface area (Å²) >= 11 is 0. The monoisotopic (exact) mass is 426 g/mol. The highest BCUT2D eigenvalue weighted by Crippen LogP contribution is 2.30. The van der Waals surface area contributed by atoms with Gasteiger partial charge in [-0.05, 0) is 41.1 Å². The predicted octanol–water partition coefficient (Wildman–Crippen LogP) is 3.74. The SMILES string of the molecule is CCc1cc(N(C)c2ccc(OC(c3ccccc3)c3nnn[nH]3)cc2)n2nccc2n1. The van der Waals surface area contributed by atoms with Crippen LogP contribution in [0.5, 0.6) is 5.75 Å². The van der Waals surface area contributed by atoms with Crippen molar-refractivity contribution in [3.63, 3.8) is 0 Å². The van der Waals surface area contributed by atoms with Crippen LogP contribution in [-0.4, -0.2) is 42.3 Å². The molecule has 0 fully saturated rings. The Morgan fingerprint density at radius 1 is 1.06 bits per heavy atom. The summed E-state index contributed by atoms with van der Waals surface area (Å²) in [7, 11) is 2.01. The number of aromatic nitrogens is 7. The number of fused-ring (bicyclic) bond motifs is 1. The summed E-state index contributed by atoms with van der Waals surface area (Å²) in [6.07, 6.45) is 2.18. The van der Waals surface area contributed by atoms with Crippen LogP contribution in [0, 0.1) is 0 Å². The second kappa shape index (κ2) is 8.46. The molecule has 1 unspecified atom stereocenters. The quantitative estimate of drug-likeness (QED) is 0.423. The van der Waals surface area contributed by atoms with Crippen LogP contribution in [0.15, 0.2) is 72.9 Å². The molecule has 0 saturated heterocycles. The average Bonchev–Trinajstić information content (AvgIpc) is 3.54. The van der Waals surface area contributed by atoms with Crippen LogP contribution in [0.4, 0.5) is 11.5 Å². The van der Waals surface area contributed by atoms with Crippen LogP contribution >= 0.6 is 0 Å². The lowest BCUT2D eigenvalue weighted by molar-refractivity contribution is 0.237. The van der Waals surface area contributed by atoms with Gasteiger partial charge in [0.15, 0.2) is 17.6 Å². The highest BCUT2D eigenvalue weighted by molar-refractivity contribution is 5.63. The van der Waals surface area contributed by atoms with Gasteiger partial charge in [-0.1, -0.05) is 37.3 Å². The Balaban J connectivity index is 1.42. The van der Waals surface area contributed by atoms with Crippen LogP contribution in [0.25, 0.3) is 5.65 Å². The predicted molar refractivity (Wildman–Crippen MR) is 120 cm³/mol. The molecule has 5 rings (SSSR count). The highest BCUT2D eigenvalue weighted by atomic mass is 16.5. The summed E-state index contributed by atoms with van der Waals surface area (Å²) in [4.78, 5) is 6.71. The van der Waals surface area contributed by atoms with Crippen molar-refractivity contribution in [2.75, 3.05) is 11.9 Å². The maximum absolute atomic E-state index is 6.26. The summed E-state index contributed by atoms with van der Waals surface area (Å²) in [5.74, 6) is 2.20. The Hall–Kier alpha value is -4.27. The smallest absolute Gasteiger partial charge is 0.194 e. The molecule has 3 heterocycles. The number of hydrogen-bond donors (Lipinski definition) is 1. The van der Waals surface area contributed by atoms with E-state index in [1.54, 1.807) is 6.20 Å². The van der Waals surface area contributed by atoms with Crippen molar-refractivity contribution in [2.24, 2.45) is 0 Å². The first kappa shape index (κ1) is 19.7. The van der Waals surface area contributed by atoms with E-state index in [2.05, 4.69) is 48.6 Å². The zero-order valence-corrected chi connectivity index (χ0v) is 17.8. The Bertz CT molecular complexity index is 1300. The number of nitrogens with one attached hydrogen (secondary N) is 1. The second-order valence-corrected chi connectivity index (χ2v) is 7.31. The van der Waals surface area contributed by atoms with Crippen molar-refractivity contribution in [2.45, 2.75) is 19.4 Å². The molecule has 9 nitrogen and oxygen atoms in total. The van der Waals surface area contributed by atoms with Gasteiger partial charge < -0.3 is 9.64 Å². The lowest BCUT2D eigenvalue weighted by atomic mass is 10.1. The molecule has 0 saturated carbocycles. The van der Waals surface area contributed by atoms with Crippen molar-refractivity contribution >= 4 is 17.2 Å². The minimum atomic E-state index is -0.439. The lowest BCUT2D eigenvalue weighted by Gasteiger charge is -2.22. The molecule has 0 amide bonds. The van der Waals surface area contributed by atoms with E-state index in [1.807, 2.05) is 72.2 Å². The molecule has 0 aliphatic carbocycles. The zero-order valence-electron chi connectivity index (χ0n) is 17.8. The fourth-order valence-corrected chi connectivity index (χ4v) is 3.57. The minimum absolute atomic E-state index is 0.439. The molecule has 0 bridgehead atoms. The van der Waals surface area contributed by atoms with Crippen molar-refractivity contribution in [3.8, 4) is 5.75 Å². The van der Waals surface area contributed by atoms with Gasteiger partial charge in [-0.3, -0.25) is 0 Å². The molecule has 0 aliphatic heterocycles. The van der Waals surface area contributed by atoms with Gasteiger partial charge in [0.2, 0.25) is 0 Å². The van der Waals surface area contributed by atoms with Crippen molar-refractivity contribution in [3.05, 3.63) is 90.0 Å². The van der Waals surface area contributed by atoms with E-state index in [9.17, 15) is 0 Å². The first-order valence-electron chi connectivity index (χ1n) is 10.4. The van der Waals surface area contributed by atoms with Gasteiger partial charge in [-0.15, -0.1) is 5.10 Å². The third-order valence-electron chi connectivity index (χ3n) is 5.29. The van der Waals surface area contributed by atoms with Crippen LogP contribution in [0.2, 0.25) is 0 Å². The van der Waals surface area contributed by atoms with Gasteiger partial charge >= 0.3 is 0 Å². The van der Waals surface area contributed by atoms with Crippen LogP contribution in [0.1, 0.15) is 30.1 Å². The summed E-state index contributed by atoms with van der Waals surface area (Å²) in [6, 6.07) is 21.7. The number of aromatic amines is 1. The maximum Gasteiger partial charge on any atom is 0.194 e. The molecule has 2 aromatic carbocycles. The molecule has 0 spiro atoms. The number of nitrogens with zero attached hydrogens (tertiary/aromatic N) is 7. The molecule has 32 heavy (non-hydrogen) atoms. The van der Waals surface area contributed by atoms with E-state index in [0.717, 1.165) is 34.8 Å². The molecule has 1 atom stereocenters.